The Morgan fingerprint density at radius 2 is 1.75 bits per heavy atom. The van der Waals surface area contributed by atoms with Gasteiger partial charge in [0, 0.05) is 17.4 Å². The number of sulfonamides is 1. The van der Waals surface area contributed by atoms with Gasteiger partial charge < -0.3 is 9.84 Å². The molecule has 0 aliphatic carbocycles. The highest BCUT2D eigenvalue weighted by Gasteiger charge is 2.16. The monoisotopic (exact) mass is 394 g/mol. The van der Waals surface area contributed by atoms with Crippen LogP contribution in [0.15, 0.2) is 76.5 Å². The fraction of sp³-hybridized carbons (Fsp3) is 0. The second kappa shape index (κ2) is 7.18. The van der Waals surface area contributed by atoms with Crippen LogP contribution >= 0.6 is 0 Å². The fourth-order valence-electron chi connectivity index (χ4n) is 2.49. The molecular weight excluding hydrogens is 380 g/mol. The standard InChI is InChI=1S/C18H14N6O3S/c19-28(25,26)14-8-6-13(7-9-14)22-17-15(10-20-11-21-17)18-23-16(24-27-18)12-4-2-1-3-5-12/h1-11H,(H2,19,25,26)(H,20,21,22). The van der Waals surface area contributed by atoms with Crippen LogP contribution in [0.2, 0.25) is 0 Å². The van der Waals surface area contributed by atoms with Gasteiger partial charge in [0.1, 0.15) is 17.7 Å². The van der Waals surface area contributed by atoms with Gasteiger partial charge in [0.05, 0.1) is 4.90 Å². The van der Waals surface area contributed by atoms with Crippen molar-refractivity contribution >= 4 is 21.5 Å². The van der Waals surface area contributed by atoms with Gasteiger partial charge in [-0.05, 0) is 24.3 Å². The second-order valence-electron chi connectivity index (χ2n) is 5.77. The van der Waals surface area contributed by atoms with Crippen molar-refractivity contribution in [2.75, 3.05) is 5.32 Å². The van der Waals surface area contributed by atoms with E-state index in [0.717, 1.165) is 5.56 Å². The molecule has 2 aromatic heterocycles. The lowest BCUT2D eigenvalue weighted by molar-refractivity contribution is 0.432. The average molecular weight is 394 g/mol. The summed E-state index contributed by atoms with van der Waals surface area (Å²) in [7, 11) is -3.75. The van der Waals surface area contributed by atoms with Crippen LogP contribution in [0, 0.1) is 0 Å². The lowest BCUT2D eigenvalue weighted by atomic mass is 10.2. The van der Waals surface area contributed by atoms with E-state index in [1.54, 1.807) is 18.3 Å². The number of nitrogens with two attached hydrogens (primary N) is 1. The molecule has 0 saturated heterocycles. The Morgan fingerprint density at radius 3 is 2.46 bits per heavy atom. The van der Waals surface area contributed by atoms with E-state index in [1.807, 2.05) is 30.3 Å². The van der Waals surface area contributed by atoms with E-state index in [2.05, 4.69) is 25.4 Å². The minimum absolute atomic E-state index is 0.0189. The van der Waals surface area contributed by atoms with Crippen LogP contribution < -0.4 is 10.5 Å². The van der Waals surface area contributed by atoms with Gasteiger partial charge in [-0.15, -0.1) is 0 Å². The molecule has 0 amide bonds. The normalized spacial score (nSPS) is 11.3. The van der Waals surface area contributed by atoms with Gasteiger partial charge in [-0.1, -0.05) is 35.5 Å². The Morgan fingerprint density at radius 1 is 1.00 bits per heavy atom. The number of nitrogens with one attached hydrogen (secondary N) is 1. The molecule has 4 aromatic rings. The third-order valence-corrected chi connectivity index (χ3v) is 4.78. The minimum Gasteiger partial charge on any atom is -0.339 e. The number of benzene rings is 2. The van der Waals surface area contributed by atoms with Crippen molar-refractivity contribution < 1.29 is 12.9 Å². The summed E-state index contributed by atoms with van der Waals surface area (Å²) in [4.78, 5) is 12.7. The summed E-state index contributed by atoms with van der Waals surface area (Å²) in [5, 5.41) is 12.2. The summed E-state index contributed by atoms with van der Waals surface area (Å²) in [6, 6.07) is 15.4. The van der Waals surface area contributed by atoms with E-state index in [4.69, 9.17) is 9.66 Å². The molecule has 0 aliphatic rings. The van der Waals surface area contributed by atoms with Crippen LogP contribution in [0.5, 0.6) is 0 Å². The fourth-order valence-corrected chi connectivity index (χ4v) is 3.00. The van der Waals surface area contributed by atoms with Crippen LogP contribution in [0.1, 0.15) is 0 Å². The van der Waals surface area contributed by atoms with Crippen molar-refractivity contribution in [2.24, 2.45) is 5.14 Å². The Hall–Kier alpha value is -3.63. The maximum atomic E-state index is 11.4. The van der Waals surface area contributed by atoms with Gasteiger partial charge >= 0.3 is 0 Å². The van der Waals surface area contributed by atoms with E-state index < -0.39 is 10.0 Å². The van der Waals surface area contributed by atoms with Crippen molar-refractivity contribution in [3.63, 3.8) is 0 Å². The summed E-state index contributed by atoms with van der Waals surface area (Å²) < 4.78 is 28.1. The van der Waals surface area contributed by atoms with Gasteiger partial charge in [0.2, 0.25) is 15.8 Å². The number of primary sulfonamides is 1. The van der Waals surface area contributed by atoms with Crippen LogP contribution in [-0.2, 0) is 10.0 Å². The lowest BCUT2D eigenvalue weighted by Crippen LogP contribution is -2.11. The molecule has 28 heavy (non-hydrogen) atoms. The molecule has 0 unspecified atom stereocenters. The Bertz CT molecular complexity index is 1210. The number of rotatable bonds is 5. The summed E-state index contributed by atoms with van der Waals surface area (Å²) >= 11 is 0. The maximum absolute atomic E-state index is 11.4. The smallest absolute Gasteiger partial charge is 0.263 e. The highest BCUT2D eigenvalue weighted by atomic mass is 32.2. The first kappa shape index (κ1) is 17.8. The first-order valence-corrected chi connectivity index (χ1v) is 9.65. The summed E-state index contributed by atoms with van der Waals surface area (Å²) in [6.45, 7) is 0. The molecule has 0 radical (unpaired) electrons. The molecule has 4 rings (SSSR count). The van der Waals surface area contributed by atoms with Crippen LogP contribution in [-0.4, -0.2) is 28.5 Å². The highest BCUT2D eigenvalue weighted by molar-refractivity contribution is 7.89. The van der Waals surface area contributed by atoms with E-state index in [-0.39, 0.29) is 10.8 Å². The molecule has 0 saturated carbocycles. The molecule has 9 nitrogen and oxygen atoms in total. The molecule has 140 valence electrons. The van der Waals surface area contributed by atoms with E-state index in [0.29, 0.717) is 22.9 Å². The molecule has 0 aliphatic heterocycles. The second-order valence-corrected chi connectivity index (χ2v) is 7.33. The summed E-state index contributed by atoms with van der Waals surface area (Å²) in [5.41, 5.74) is 1.94. The number of hydrogen-bond acceptors (Lipinski definition) is 8. The lowest BCUT2D eigenvalue weighted by Gasteiger charge is -2.08. The molecule has 10 heteroatoms. The van der Waals surface area contributed by atoms with E-state index in [1.165, 1.54) is 18.5 Å². The average Bonchev–Trinajstić information content (AvgIpc) is 3.19. The maximum Gasteiger partial charge on any atom is 0.263 e. The van der Waals surface area contributed by atoms with Crippen LogP contribution in [0.25, 0.3) is 22.8 Å². The zero-order chi connectivity index (χ0) is 19.6. The van der Waals surface area contributed by atoms with Crippen molar-refractivity contribution in [3.8, 4) is 22.8 Å². The number of hydrogen-bond donors (Lipinski definition) is 2. The molecule has 0 spiro atoms. The van der Waals surface area contributed by atoms with Gasteiger partial charge in [0.15, 0.2) is 0 Å². The van der Waals surface area contributed by atoms with Crippen molar-refractivity contribution in [3.05, 3.63) is 67.1 Å². The Labute approximate surface area is 160 Å². The van der Waals surface area contributed by atoms with Gasteiger partial charge in [-0.25, -0.2) is 23.5 Å². The molecule has 0 fully saturated rings. The zero-order valence-corrected chi connectivity index (χ0v) is 15.2. The van der Waals surface area contributed by atoms with Crippen molar-refractivity contribution in [1.29, 1.82) is 0 Å². The van der Waals surface area contributed by atoms with Gasteiger partial charge in [0.25, 0.3) is 5.89 Å². The van der Waals surface area contributed by atoms with E-state index in [9.17, 15) is 8.42 Å². The third kappa shape index (κ3) is 3.72. The van der Waals surface area contributed by atoms with Gasteiger partial charge in [-0.3, -0.25) is 0 Å². The van der Waals surface area contributed by atoms with Crippen molar-refractivity contribution in [1.82, 2.24) is 20.1 Å². The minimum atomic E-state index is -3.75. The van der Waals surface area contributed by atoms with Crippen molar-refractivity contribution in [2.45, 2.75) is 4.90 Å². The third-order valence-electron chi connectivity index (χ3n) is 3.85. The van der Waals surface area contributed by atoms with Crippen LogP contribution in [0.3, 0.4) is 0 Å². The number of nitrogens with zero attached hydrogens (tertiary/aromatic N) is 4. The number of aromatic nitrogens is 4. The highest BCUT2D eigenvalue weighted by Crippen LogP contribution is 2.28. The van der Waals surface area contributed by atoms with Gasteiger partial charge in [-0.2, -0.15) is 4.98 Å². The molecule has 2 heterocycles. The van der Waals surface area contributed by atoms with E-state index >= 15 is 0 Å². The Kier molecular flexibility index (Phi) is 4.55. The number of anilines is 2. The zero-order valence-electron chi connectivity index (χ0n) is 14.4. The van der Waals surface area contributed by atoms with Crippen LogP contribution in [0.4, 0.5) is 11.5 Å². The summed E-state index contributed by atoms with van der Waals surface area (Å²) in [6.07, 6.45) is 2.93. The molecule has 3 N–H and O–H groups in total. The molecule has 2 aromatic carbocycles. The predicted octanol–water partition coefficient (Wildman–Crippen LogP) is 2.58. The molecule has 0 atom stereocenters. The quantitative estimate of drug-likeness (QED) is 0.527. The largest absolute Gasteiger partial charge is 0.339 e. The summed E-state index contributed by atoms with van der Waals surface area (Å²) in [5.74, 6) is 1.13. The first-order valence-electron chi connectivity index (χ1n) is 8.10. The first-order chi connectivity index (χ1) is 13.5. The molecular formula is C18H14N6O3S. The SMILES string of the molecule is NS(=O)(=O)c1ccc(Nc2ncncc2-c2nc(-c3ccccc3)no2)cc1. The Balaban J connectivity index is 1.64. The molecule has 0 bridgehead atoms. The predicted molar refractivity (Wildman–Crippen MR) is 102 cm³/mol. The topological polar surface area (TPSA) is 137 Å².